The molecule has 2 N–H and O–H groups in total. The van der Waals surface area contributed by atoms with Crippen molar-refractivity contribution in [3.8, 4) is 5.69 Å². The average Bonchev–Trinajstić information content (AvgIpc) is 2.92. The van der Waals surface area contributed by atoms with Crippen LogP contribution < -0.4 is 16.2 Å². The SMILES string of the molecule is Cc1c(NC(=S)NC[C@@H](Cl)Cc2ccccc2Cl)c(=O)n(-c2ccccc2)n1C. The lowest BCUT2D eigenvalue weighted by Crippen LogP contribution is -2.35. The number of nitrogens with zero attached hydrogens (tertiary/aromatic N) is 2. The van der Waals surface area contributed by atoms with Gasteiger partial charge in [0.1, 0.15) is 5.69 Å². The highest BCUT2D eigenvalue weighted by molar-refractivity contribution is 7.80. The predicted octanol–water partition coefficient (Wildman–Crippen LogP) is 4.27. The van der Waals surface area contributed by atoms with E-state index >= 15 is 0 Å². The van der Waals surface area contributed by atoms with Crippen LogP contribution in [0.4, 0.5) is 5.69 Å². The van der Waals surface area contributed by atoms with Crippen LogP contribution in [-0.4, -0.2) is 26.4 Å². The molecule has 1 heterocycles. The van der Waals surface area contributed by atoms with E-state index in [9.17, 15) is 4.79 Å². The minimum Gasteiger partial charge on any atom is -0.361 e. The van der Waals surface area contributed by atoms with Crippen LogP contribution in [0, 0.1) is 6.92 Å². The van der Waals surface area contributed by atoms with Gasteiger partial charge in [0.2, 0.25) is 0 Å². The van der Waals surface area contributed by atoms with E-state index in [0.29, 0.717) is 28.8 Å². The molecule has 0 saturated heterocycles. The van der Waals surface area contributed by atoms with Crippen LogP contribution in [0.2, 0.25) is 5.02 Å². The van der Waals surface area contributed by atoms with Crippen LogP contribution in [0.5, 0.6) is 0 Å². The molecule has 0 aliphatic carbocycles. The summed E-state index contributed by atoms with van der Waals surface area (Å²) in [6, 6.07) is 17.1. The first-order chi connectivity index (χ1) is 13.9. The van der Waals surface area contributed by atoms with Gasteiger partial charge in [-0.25, -0.2) is 4.68 Å². The summed E-state index contributed by atoms with van der Waals surface area (Å²) in [5.74, 6) is 0. The summed E-state index contributed by atoms with van der Waals surface area (Å²) in [7, 11) is 1.84. The second kappa shape index (κ2) is 9.48. The molecule has 3 rings (SSSR count). The monoisotopic (exact) mass is 448 g/mol. The summed E-state index contributed by atoms with van der Waals surface area (Å²) in [6.45, 7) is 2.31. The smallest absolute Gasteiger partial charge is 0.295 e. The third-order valence-electron chi connectivity index (χ3n) is 4.68. The Labute approximate surface area is 185 Å². The molecule has 3 aromatic rings. The standard InChI is InChI=1S/C21H22Cl2N4OS/c1-14-19(20(28)27(26(14)2)17-9-4-3-5-10-17)25-21(29)24-13-16(22)12-15-8-6-7-11-18(15)23/h3-11,16H,12-13H2,1-2H3,(H2,24,25,29)/t16-/m0/s1. The number of anilines is 1. The van der Waals surface area contributed by atoms with Gasteiger partial charge in [0.05, 0.1) is 16.8 Å². The van der Waals surface area contributed by atoms with E-state index in [0.717, 1.165) is 16.9 Å². The quantitative estimate of drug-likeness (QED) is 0.436. The molecule has 1 aromatic heterocycles. The Hall–Kier alpha value is -2.28. The number of para-hydroxylation sites is 1. The maximum atomic E-state index is 12.9. The summed E-state index contributed by atoms with van der Waals surface area (Å²) >= 11 is 18.0. The molecule has 5 nitrogen and oxygen atoms in total. The van der Waals surface area contributed by atoms with Crippen LogP contribution in [0.25, 0.3) is 5.69 Å². The molecular weight excluding hydrogens is 427 g/mol. The molecule has 0 unspecified atom stereocenters. The third kappa shape index (κ3) is 5.01. The van der Waals surface area contributed by atoms with Gasteiger partial charge in [-0.2, -0.15) is 0 Å². The zero-order valence-corrected chi connectivity index (χ0v) is 18.5. The van der Waals surface area contributed by atoms with Crippen molar-refractivity contribution in [1.29, 1.82) is 0 Å². The minimum absolute atomic E-state index is 0.168. The zero-order chi connectivity index (χ0) is 21.0. The number of rotatable bonds is 6. The Morgan fingerprint density at radius 2 is 1.79 bits per heavy atom. The molecule has 0 radical (unpaired) electrons. The van der Waals surface area contributed by atoms with Crippen molar-refractivity contribution in [3.05, 3.63) is 81.2 Å². The number of benzene rings is 2. The number of hydrogen-bond acceptors (Lipinski definition) is 2. The van der Waals surface area contributed by atoms with E-state index < -0.39 is 0 Å². The summed E-state index contributed by atoms with van der Waals surface area (Å²) in [5, 5.41) is 6.94. The largest absolute Gasteiger partial charge is 0.361 e. The molecule has 0 saturated carbocycles. The highest BCUT2D eigenvalue weighted by Gasteiger charge is 2.17. The van der Waals surface area contributed by atoms with Crippen LogP contribution in [0.15, 0.2) is 59.4 Å². The van der Waals surface area contributed by atoms with Crippen LogP contribution in [0.3, 0.4) is 0 Å². The van der Waals surface area contributed by atoms with Crippen LogP contribution in [-0.2, 0) is 13.5 Å². The minimum atomic E-state index is -0.201. The first-order valence-electron chi connectivity index (χ1n) is 9.15. The fourth-order valence-electron chi connectivity index (χ4n) is 3.05. The molecule has 8 heteroatoms. The van der Waals surface area contributed by atoms with Gasteiger partial charge in [0.15, 0.2) is 5.11 Å². The molecule has 0 bridgehead atoms. The van der Waals surface area contributed by atoms with Gasteiger partial charge < -0.3 is 10.6 Å². The topological polar surface area (TPSA) is 51.0 Å². The fourth-order valence-corrected chi connectivity index (χ4v) is 3.69. The lowest BCUT2D eigenvalue weighted by molar-refractivity contribution is 0.630. The van der Waals surface area contributed by atoms with Gasteiger partial charge in [0, 0.05) is 18.6 Å². The predicted molar refractivity (Wildman–Crippen MR) is 125 cm³/mol. The number of nitrogens with one attached hydrogen (secondary N) is 2. The number of alkyl halides is 1. The number of thiocarbonyl (C=S) groups is 1. The van der Waals surface area contributed by atoms with Crippen molar-refractivity contribution in [2.45, 2.75) is 18.7 Å². The molecule has 1 atom stereocenters. The first kappa shape index (κ1) is 21.4. The maximum absolute atomic E-state index is 12.9. The molecular formula is C21H22Cl2N4OS. The Bertz CT molecular complexity index is 1060. The Morgan fingerprint density at radius 1 is 1.14 bits per heavy atom. The van der Waals surface area contributed by atoms with Crippen molar-refractivity contribution >= 4 is 46.2 Å². The lowest BCUT2D eigenvalue weighted by atomic mass is 10.1. The Kier molecular flexibility index (Phi) is 7.00. The summed E-state index contributed by atoms with van der Waals surface area (Å²) < 4.78 is 3.40. The van der Waals surface area contributed by atoms with Crippen LogP contribution >= 0.6 is 35.4 Å². The third-order valence-corrected chi connectivity index (χ3v) is 5.60. The molecule has 2 aromatic carbocycles. The Morgan fingerprint density at radius 3 is 2.48 bits per heavy atom. The number of hydrogen-bond donors (Lipinski definition) is 2. The van der Waals surface area contributed by atoms with Crippen molar-refractivity contribution in [2.24, 2.45) is 7.05 Å². The normalized spacial score (nSPS) is 11.9. The molecule has 0 fully saturated rings. The van der Waals surface area contributed by atoms with Gasteiger partial charge in [-0.05, 0) is 49.3 Å². The summed E-state index contributed by atoms with van der Waals surface area (Å²) in [4.78, 5) is 12.9. The summed E-state index contributed by atoms with van der Waals surface area (Å²) in [5.41, 5.74) is 2.82. The molecule has 0 aliphatic heterocycles. The lowest BCUT2D eigenvalue weighted by Gasteiger charge is -2.14. The van der Waals surface area contributed by atoms with Gasteiger partial charge >= 0.3 is 0 Å². The molecule has 152 valence electrons. The average molecular weight is 449 g/mol. The summed E-state index contributed by atoms with van der Waals surface area (Å²) in [6.07, 6.45) is 0.613. The molecule has 29 heavy (non-hydrogen) atoms. The highest BCUT2D eigenvalue weighted by Crippen LogP contribution is 2.18. The van der Waals surface area contributed by atoms with Crippen LogP contribution in [0.1, 0.15) is 11.3 Å². The molecule has 0 amide bonds. The van der Waals surface area contributed by atoms with Gasteiger partial charge in [0.25, 0.3) is 5.56 Å². The van der Waals surface area contributed by atoms with Gasteiger partial charge in [-0.3, -0.25) is 9.48 Å². The second-order valence-corrected chi connectivity index (χ2v) is 8.10. The van der Waals surface area contributed by atoms with Crippen molar-refractivity contribution < 1.29 is 0 Å². The fraction of sp³-hybridized carbons (Fsp3) is 0.238. The van der Waals surface area contributed by atoms with E-state index in [1.54, 1.807) is 9.36 Å². The van der Waals surface area contributed by atoms with E-state index in [-0.39, 0.29) is 10.9 Å². The highest BCUT2D eigenvalue weighted by atomic mass is 35.5. The van der Waals surface area contributed by atoms with E-state index in [1.165, 1.54) is 0 Å². The van der Waals surface area contributed by atoms with E-state index in [1.807, 2.05) is 68.6 Å². The maximum Gasteiger partial charge on any atom is 0.295 e. The van der Waals surface area contributed by atoms with Gasteiger partial charge in [-0.15, -0.1) is 11.6 Å². The van der Waals surface area contributed by atoms with Crippen molar-refractivity contribution in [1.82, 2.24) is 14.7 Å². The zero-order valence-electron chi connectivity index (χ0n) is 16.2. The van der Waals surface area contributed by atoms with Gasteiger partial charge in [-0.1, -0.05) is 48.0 Å². The molecule has 0 spiro atoms. The number of aromatic nitrogens is 2. The molecule has 0 aliphatic rings. The van der Waals surface area contributed by atoms with E-state index in [4.69, 9.17) is 35.4 Å². The second-order valence-electron chi connectivity index (χ2n) is 6.66. The van der Waals surface area contributed by atoms with E-state index in [2.05, 4.69) is 10.6 Å². The van der Waals surface area contributed by atoms with Crippen molar-refractivity contribution in [3.63, 3.8) is 0 Å². The Balaban J connectivity index is 1.65. The first-order valence-corrected chi connectivity index (χ1v) is 10.4. The van der Waals surface area contributed by atoms with Crippen molar-refractivity contribution in [2.75, 3.05) is 11.9 Å². The number of halogens is 2.